The third kappa shape index (κ3) is 3.05. The van der Waals surface area contributed by atoms with Crippen molar-refractivity contribution in [3.05, 3.63) is 28.2 Å². The van der Waals surface area contributed by atoms with Crippen molar-refractivity contribution in [2.24, 2.45) is 5.92 Å². The summed E-state index contributed by atoms with van der Waals surface area (Å²) in [5.74, 6) is 1.57. The van der Waals surface area contributed by atoms with Crippen LogP contribution in [0.25, 0.3) is 0 Å². The molecule has 0 saturated heterocycles. The van der Waals surface area contributed by atoms with Crippen LogP contribution < -0.4 is 4.74 Å². The third-order valence-corrected chi connectivity index (χ3v) is 3.86. The zero-order valence-electron chi connectivity index (χ0n) is 10.8. The number of methoxy groups -OCH3 is 1. The number of carbonyl (C=O) groups is 1. The molecule has 0 atom stereocenters. The van der Waals surface area contributed by atoms with Crippen molar-refractivity contribution >= 4 is 21.8 Å². The van der Waals surface area contributed by atoms with Gasteiger partial charge in [0, 0.05) is 18.7 Å². The van der Waals surface area contributed by atoms with Gasteiger partial charge >= 0.3 is 0 Å². The van der Waals surface area contributed by atoms with Crippen molar-refractivity contribution in [2.45, 2.75) is 19.8 Å². The minimum absolute atomic E-state index is 0.104. The van der Waals surface area contributed by atoms with E-state index in [4.69, 9.17) is 4.74 Å². The Kier molecular flexibility index (Phi) is 4.27. The third-order valence-electron chi connectivity index (χ3n) is 3.24. The van der Waals surface area contributed by atoms with Crippen LogP contribution in [0.1, 0.15) is 30.1 Å². The van der Waals surface area contributed by atoms with Crippen LogP contribution in [0.4, 0.5) is 0 Å². The van der Waals surface area contributed by atoms with Crippen molar-refractivity contribution in [1.29, 1.82) is 0 Å². The molecule has 18 heavy (non-hydrogen) atoms. The number of benzene rings is 1. The fraction of sp³-hybridized carbons (Fsp3) is 0.500. The van der Waals surface area contributed by atoms with Gasteiger partial charge in [-0.2, -0.15) is 0 Å². The molecule has 1 aromatic rings. The predicted octanol–water partition coefficient (Wildman–Crippen LogP) is 3.33. The first-order valence-corrected chi connectivity index (χ1v) is 7.07. The average Bonchev–Trinajstić information content (AvgIpc) is 3.19. The molecule has 1 fully saturated rings. The Bertz CT molecular complexity index is 443. The molecule has 0 aliphatic heterocycles. The van der Waals surface area contributed by atoms with Crippen LogP contribution in [-0.2, 0) is 0 Å². The molecule has 1 saturated carbocycles. The maximum atomic E-state index is 12.4. The minimum Gasteiger partial charge on any atom is -0.496 e. The molecule has 0 bridgehead atoms. The van der Waals surface area contributed by atoms with Gasteiger partial charge in [-0.1, -0.05) is 0 Å². The van der Waals surface area contributed by atoms with Gasteiger partial charge in [0.2, 0.25) is 0 Å². The maximum Gasteiger partial charge on any atom is 0.253 e. The van der Waals surface area contributed by atoms with Crippen LogP contribution >= 0.6 is 15.9 Å². The van der Waals surface area contributed by atoms with Crippen LogP contribution in [0, 0.1) is 5.92 Å². The summed E-state index contributed by atoms with van der Waals surface area (Å²) in [6.07, 6.45) is 2.52. The number of rotatable bonds is 5. The van der Waals surface area contributed by atoms with Crippen LogP contribution in [0.3, 0.4) is 0 Å². The van der Waals surface area contributed by atoms with Gasteiger partial charge in [0.15, 0.2) is 0 Å². The molecule has 0 unspecified atom stereocenters. The molecular weight excluding hydrogens is 294 g/mol. The van der Waals surface area contributed by atoms with E-state index in [9.17, 15) is 4.79 Å². The lowest BCUT2D eigenvalue weighted by Gasteiger charge is -2.21. The first-order chi connectivity index (χ1) is 8.65. The van der Waals surface area contributed by atoms with Gasteiger partial charge in [0.05, 0.1) is 11.6 Å². The normalized spacial score (nSPS) is 14.4. The highest BCUT2D eigenvalue weighted by Gasteiger charge is 2.26. The second-order valence-corrected chi connectivity index (χ2v) is 5.49. The molecule has 4 heteroatoms. The lowest BCUT2D eigenvalue weighted by atomic mass is 10.2. The predicted molar refractivity (Wildman–Crippen MR) is 75.0 cm³/mol. The molecule has 0 aromatic heterocycles. The summed E-state index contributed by atoms with van der Waals surface area (Å²) in [5, 5.41) is 0. The number of nitrogens with zero attached hydrogens (tertiary/aromatic N) is 1. The average molecular weight is 312 g/mol. The quantitative estimate of drug-likeness (QED) is 0.834. The Labute approximate surface area is 116 Å². The van der Waals surface area contributed by atoms with Crippen LogP contribution in [0.2, 0.25) is 0 Å². The number of halogens is 1. The fourth-order valence-corrected chi connectivity index (χ4v) is 2.49. The van der Waals surface area contributed by atoms with Gasteiger partial charge in [0.25, 0.3) is 5.91 Å². The minimum atomic E-state index is 0.104. The Morgan fingerprint density at radius 1 is 1.50 bits per heavy atom. The molecule has 1 aliphatic carbocycles. The molecule has 1 amide bonds. The Hall–Kier alpha value is -1.03. The topological polar surface area (TPSA) is 29.5 Å². The van der Waals surface area contributed by atoms with Crippen molar-refractivity contribution in [1.82, 2.24) is 4.90 Å². The van der Waals surface area contributed by atoms with Gasteiger partial charge in [-0.15, -0.1) is 0 Å². The summed E-state index contributed by atoms with van der Waals surface area (Å²) < 4.78 is 5.99. The lowest BCUT2D eigenvalue weighted by molar-refractivity contribution is 0.0757. The van der Waals surface area contributed by atoms with Crippen LogP contribution in [0.15, 0.2) is 22.7 Å². The monoisotopic (exact) mass is 311 g/mol. The Balaban J connectivity index is 2.13. The summed E-state index contributed by atoms with van der Waals surface area (Å²) in [5.41, 5.74) is 0.713. The van der Waals surface area contributed by atoms with Crippen molar-refractivity contribution in [3.8, 4) is 5.75 Å². The second-order valence-electron chi connectivity index (χ2n) is 4.64. The summed E-state index contributed by atoms with van der Waals surface area (Å²) in [7, 11) is 1.62. The van der Waals surface area contributed by atoms with E-state index in [1.54, 1.807) is 7.11 Å². The van der Waals surface area contributed by atoms with Crippen LogP contribution in [-0.4, -0.2) is 31.0 Å². The molecule has 1 aromatic carbocycles. The van der Waals surface area contributed by atoms with Gasteiger partial charge in [-0.3, -0.25) is 4.79 Å². The molecular formula is C14H18BrNO2. The Morgan fingerprint density at radius 3 is 2.72 bits per heavy atom. The number of ether oxygens (including phenoxy) is 1. The van der Waals surface area contributed by atoms with Crippen LogP contribution in [0.5, 0.6) is 5.75 Å². The van der Waals surface area contributed by atoms with Crippen molar-refractivity contribution in [3.63, 3.8) is 0 Å². The molecule has 98 valence electrons. The van der Waals surface area contributed by atoms with E-state index in [0.717, 1.165) is 29.2 Å². The highest BCUT2D eigenvalue weighted by atomic mass is 79.9. The Morgan fingerprint density at radius 2 is 2.22 bits per heavy atom. The summed E-state index contributed by atoms with van der Waals surface area (Å²) in [4.78, 5) is 14.3. The van der Waals surface area contributed by atoms with E-state index >= 15 is 0 Å². The van der Waals surface area contributed by atoms with Crippen molar-refractivity contribution in [2.75, 3.05) is 20.2 Å². The number of carbonyl (C=O) groups excluding carboxylic acids is 1. The SMILES string of the molecule is CCN(CC1CC1)C(=O)c1ccc(OC)c(Br)c1. The molecule has 2 rings (SSSR count). The van der Waals surface area contributed by atoms with E-state index < -0.39 is 0 Å². The maximum absolute atomic E-state index is 12.4. The van der Waals surface area contributed by atoms with Crippen molar-refractivity contribution < 1.29 is 9.53 Å². The highest BCUT2D eigenvalue weighted by Crippen LogP contribution is 2.31. The standard InChI is InChI=1S/C14H18BrNO2/c1-3-16(9-10-4-5-10)14(17)11-6-7-13(18-2)12(15)8-11/h6-8,10H,3-5,9H2,1-2H3. The zero-order chi connectivity index (χ0) is 13.1. The first kappa shape index (κ1) is 13.4. The molecule has 0 spiro atoms. The fourth-order valence-electron chi connectivity index (χ4n) is 1.95. The molecule has 0 N–H and O–H groups in total. The number of hydrogen-bond donors (Lipinski definition) is 0. The van der Waals surface area contributed by atoms with E-state index in [2.05, 4.69) is 15.9 Å². The zero-order valence-corrected chi connectivity index (χ0v) is 12.4. The van der Waals surface area contributed by atoms with E-state index in [-0.39, 0.29) is 5.91 Å². The summed E-state index contributed by atoms with van der Waals surface area (Å²) in [6.45, 7) is 3.68. The lowest BCUT2D eigenvalue weighted by Crippen LogP contribution is -2.32. The largest absolute Gasteiger partial charge is 0.496 e. The molecule has 0 radical (unpaired) electrons. The van der Waals surface area contributed by atoms with E-state index in [0.29, 0.717) is 5.56 Å². The molecule has 0 heterocycles. The van der Waals surface area contributed by atoms with Gasteiger partial charge in [-0.05, 0) is 59.8 Å². The molecule has 3 nitrogen and oxygen atoms in total. The highest BCUT2D eigenvalue weighted by molar-refractivity contribution is 9.10. The van der Waals surface area contributed by atoms with Gasteiger partial charge in [0.1, 0.15) is 5.75 Å². The van der Waals surface area contributed by atoms with E-state index in [1.165, 1.54) is 12.8 Å². The van der Waals surface area contributed by atoms with Gasteiger partial charge < -0.3 is 9.64 Å². The van der Waals surface area contributed by atoms with Gasteiger partial charge in [-0.25, -0.2) is 0 Å². The molecule has 1 aliphatic rings. The second kappa shape index (κ2) is 5.74. The number of hydrogen-bond acceptors (Lipinski definition) is 2. The number of amides is 1. The summed E-state index contributed by atoms with van der Waals surface area (Å²) >= 11 is 3.41. The smallest absolute Gasteiger partial charge is 0.253 e. The van der Waals surface area contributed by atoms with E-state index in [1.807, 2.05) is 30.0 Å². The summed E-state index contributed by atoms with van der Waals surface area (Å²) in [6, 6.07) is 5.47. The first-order valence-electron chi connectivity index (χ1n) is 6.28.